The molecule has 0 aliphatic carbocycles. The summed E-state index contributed by atoms with van der Waals surface area (Å²) in [5, 5.41) is 15.5. The lowest BCUT2D eigenvalue weighted by Crippen LogP contribution is -2.60. The summed E-state index contributed by atoms with van der Waals surface area (Å²) in [7, 11) is 0. The fraction of sp³-hybridized carbons (Fsp3) is 0.583. The van der Waals surface area contributed by atoms with Crippen molar-refractivity contribution in [2.75, 3.05) is 26.2 Å². The second kappa shape index (κ2) is 5.49. The lowest BCUT2D eigenvalue weighted by atomic mass is 10.00. The highest BCUT2D eigenvalue weighted by molar-refractivity contribution is 5.92. The first-order chi connectivity index (χ1) is 9.46. The summed E-state index contributed by atoms with van der Waals surface area (Å²) in [5.74, 6) is 0.0220. The van der Waals surface area contributed by atoms with Crippen molar-refractivity contribution in [1.82, 2.24) is 15.0 Å². The zero-order valence-electron chi connectivity index (χ0n) is 11.6. The van der Waals surface area contributed by atoms with Gasteiger partial charge in [0, 0.05) is 32.2 Å². The third-order valence-corrected chi connectivity index (χ3v) is 3.75. The molecule has 2 rings (SSSR count). The van der Waals surface area contributed by atoms with E-state index in [0.29, 0.717) is 31.9 Å². The Balaban J connectivity index is 1.98. The van der Waals surface area contributed by atoms with Gasteiger partial charge in [-0.2, -0.15) is 0 Å². The molecule has 0 saturated carbocycles. The van der Waals surface area contributed by atoms with Gasteiger partial charge in [-0.05, 0) is 13.8 Å². The van der Waals surface area contributed by atoms with Gasteiger partial charge in [0.25, 0.3) is 5.91 Å². The normalized spacial score (nSPS) is 18.3. The van der Waals surface area contributed by atoms with Crippen LogP contribution in [-0.2, 0) is 0 Å². The smallest absolute Gasteiger partial charge is 0.276 e. The SMILES string of the molecule is CC(C)(C(N)=NO)N1CCN(C(=O)c2ccon2)CC1. The second-order valence-electron chi connectivity index (χ2n) is 5.21. The Morgan fingerprint density at radius 3 is 2.60 bits per heavy atom. The van der Waals surface area contributed by atoms with E-state index in [1.165, 1.54) is 6.26 Å². The van der Waals surface area contributed by atoms with E-state index in [1.807, 2.05) is 13.8 Å². The summed E-state index contributed by atoms with van der Waals surface area (Å²) in [6.07, 6.45) is 1.38. The molecule has 1 fully saturated rings. The van der Waals surface area contributed by atoms with Crippen LogP contribution >= 0.6 is 0 Å². The van der Waals surface area contributed by atoms with E-state index in [4.69, 9.17) is 10.9 Å². The first-order valence-electron chi connectivity index (χ1n) is 6.39. The highest BCUT2D eigenvalue weighted by Crippen LogP contribution is 2.18. The van der Waals surface area contributed by atoms with Crippen molar-refractivity contribution in [3.8, 4) is 0 Å². The maximum Gasteiger partial charge on any atom is 0.276 e. The van der Waals surface area contributed by atoms with Gasteiger partial charge in [0.05, 0.1) is 5.54 Å². The Kier molecular flexibility index (Phi) is 3.93. The fourth-order valence-corrected chi connectivity index (χ4v) is 2.24. The van der Waals surface area contributed by atoms with E-state index in [1.54, 1.807) is 11.0 Å². The van der Waals surface area contributed by atoms with Gasteiger partial charge in [-0.15, -0.1) is 0 Å². The number of nitrogens with zero attached hydrogens (tertiary/aromatic N) is 4. The van der Waals surface area contributed by atoms with Crippen LogP contribution in [0.5, 0.6) is 0 Å². The number of nitrogens with two attached hydrogens (primary N) is 1. The Labute approximate surface area is 116 Å². The number of hydrogen-bond acceptors (Lipinski definition) is 6. The van der Waals surface area contributed by atoms with Gasteiger partial charge in [0.15, 0.2) is 11.5 Å². The molecule has 0 atom stereocenters. The molecule has 1 aliphatic rings. The van der Waals surface area contributed by atoms with Crippen LogP contribution in [0.25, 0.3) is 0 Å². The molecule has 110 valence electrons. The third-order valence-electron chi connectivity index (χ3n) is 3.75. The lowest BCUT2D eigenvalue weighted by molar-refractivity contribution is 0.0523. The predicted octanol–water partition coefficient (Wildman–Crippen LogP) is -0.0426. The largest absolute Gasteiger partial charge is 0.409 e. The number of aromatic nitrogens is 1. The van der Waals surface area contributed by atoms with Crippen molar-refractivity contribution < 1.29 is 14.5 Å². The van der Waals surface area contributed by atoms with E-state index in [0.717, 1.165) is 0 Å². The number of hydrogen-bond donors (Lipinski definition) is 2. The highest BCUT2D eigenvalue weighted by Gasteiger charge is 2.35. The maximum atomic E-state index is 12.1. The molecule has 1 amide bonds. The van der Waals surface area contributed by atoms with Crippen molar-refractivity contribution in [3.05, 3.63) is 18.0 Å². The first kappa shape index (κ1) is 14.3. The van der Waals surface area contributed by atoms with Gasteiger partial charge in [0.1, 0.15) is 6.26 Å². The number of amidine groups is 1. The first-order valence-corrected chi connectivity index (χ1v) is 6.39. The van der Waals surface area contributed by atoms with Crippen LogP contribution in [0.4, 0.5) is 0 Å². The number of carbonyl (C=O) groups is 1. The van der Waals surface area contributed by atoms with Crippen LogP contribution in [0.2, 0.25) is 0 Å². The Morgan fingerprint density at radius 2 is 2.10 bits per heavy atom. The molecule has 1 saturated heterocycles. The van der Waals surface area contributed by atoms with Crippen LogP contribution in [-0.4, -0.2) is 63.6 Å². The Hall–Kier alpha value is -2.09. The van der Waals surface area contributed by atoms with Gasteiger partial charge >= 0.3 is 0 Å². The van der Waals surface area contributed by atoms with Crippen molar-refractivity contribution in [2.24, 2.45) is 10.9 Å². The van der Waals surface area contributed by atoms with Crippen LogP contribution in [0.15, 0.2) is 22.0 Å². The molecular weight excluding hydrogens is 262 g/mol. The zero-order valence-corrected chi connectivity index (χ0v) is 11.6. The van der Waals surface area contributed by atoms with Gasteiger partial charge in [-0.3, -0.25) is 9.69 Å². The van der Waals surface area contributed by atoms with Gasteiger partial charge < -0.3 is 20.4 Å². The van der Waals surface area contributed by atoms with Crippen molar-refractivity contribution >= 4 is 11.7 Å². The van der Waals surface area contributed by atoms with Crippen molar-refractivity contribution in [3.63, 3.8) is 0 Å². The van der Waals surface area contributed by atoms with Crippen molar-refractivity contribution in [2.45, 2.75) is 19.4 Å². The third kappa shape index (κ3) is 2.60. The second-order valence-corrected chi connectivity index (χ2v) is 5.21. The minimum atomic E-state index is -0.544. The minimum absolute atomic E-state index is 0.139. The van der Waals surface area contributed by atoms with E-state index in [2.05, 4.69) is 19.7 Å². The van der Waals surface area contributed by atoms with E-state index < -0.39 is 5.54 Å². The standard InChI is InChI=1S/C12H19N5O3/c1-12(2,11(13)14-19)17-6-4-16(5-7-17)10(18)9-3-8-20-15-9/h3,8,19H,4-7H2,1-2H3,(H2,13,14). The van der Waals surface area contributed by atoms with Gasteiger partial charge in [-0.1, -0.05) is 10.3 Å². The monoisotopic (exact) mass is 281 g/mol. The van der Waals surface area contributed by atoms with Gasteiger partial charge in [0.2, 0.25) is 0 Å². The summed E-state index contributed by atoms with van der Waals surface area (Å²) < 4.78 is 4.68. The number of carbonyl (C=O) groups excluding carboxylic acids is 1. The molecular formula is C12H19N5O3. The topological polar surface area (TPSA) is 108 Å². The molecule has 1 aromatic rings. The van der Waals surface area contributed by atoms with Crippen LogP contribution in [0, 0.1) is 0 Å². The minimum Gasteiger partial charge on any atom is -0.409 e. The molecule has 3 N–H and O–H groups in total. The molecule has 1 aliphatic heterocycles. The average molecular weight is 281 g/mol. The van der Waals surface area contributed by atoms with E-state index in [-0.39, 0.29) is 11.7 Å². The summed E-state index contributed by atoms with van der Waals surface area (Å²) >= 11 is 0. The highest BCUT2D eigenvalue weighted by atomic mass is 16.5. The summed E-state index contributed by atoms with van der Waals surface area (Å²) in [4.78, 5) is 15.9. The van der Waals surface area contributed by atoms with E-state index >= 15 is 0 Å². The number of piperazine rings is 1. The molecule has 8 nitrogen and oxygen atoms in total. The number of amides is 1. The van der Waals surface area contributed by atoms with Gasteiger partial charge in [-0.25, -0.2) is 0 Å². The molecule has 0 spiro atoms. The quantitative estimate of drug-likeness (QED) is 0.348. The maximum absolute atomic E-state index is 12.1. The summed E-state index contributed by atoms with van der Waals surface area (Å²) in [6, 6.07) is 1.55. The van der Waals surface area contributed by atoms with Crippen LogP contribution in [0.3, 0.4) is 0 Å². The molecule has 8 heteroatoms. The fourth-order valence-electron chi connectivity index (χ4n) is 2.24. The molecule has 0 bridgehead atoms. The molecule has 0 radical (unpaired) electrons. The summed E-state index contributed by atoms with van der Waals surface area (Å²) in [5.41, 5.74) is 5.48. The lowest BCUT2D eigenvalue weighted by Gasteiger charge is -2.43. The summed E-state index contributed by atoms with van der Waals surface area (Å²) in [6.45, 7) is 6.19. The van der Waals surface area contributed by atoms with Crippen LogP contribution in [0.1, 0.15) is 24.3 Å². The number of oxime groups is 1. The molecule has 0 aromatic carbocycles. The predicted molar refractivity (Wildman–Crippen MR) is 71.5 cm³/mol. The zero-order chi connectivity index (χ0) is 14.8. The Bertz CT molecular complexity index is 489. The molecule has 20 heavy (non-hydrogen) atoms. The molecule has 0 unspecified atom stereocenters. The van der Waals surface area contributed by atoms with E-state index in [9.17, 15) is 4.79 Å². The Morgan fingerprint density at radius 1 is 1.45 bits per heavy atom. The molecule has 2 heterocycles. The van der Waals surface area contributed by atoms with Crippen molar-refractivity contribution in [1.29, 1.82) is 0 Å². The number of rotatable bonds is 3. The van der Waals surface area contributed by atoms with Crippen LogP contribution < -0.4 is 5.73 Å². The molecule has 1 aromatic heterocycles. The average Bonchev–Trinajstić information content (AvgIpc) is 2.99.